The maximum atomic E-state index is 9.16. The average Bonchev–Trinajstić information content (AvgIpc) is 2.30. The topological polar surface area (TPSA) is 54.4 Å². The summed E-state index contributed by atoms with van der Waals surface area (Å²) in [5, 5.41) is 12.5. The molecule has 0 bridgehead atoms. The Bertz CT molecular complexity index is 298. The van der Waals surface area contributed by atoms with Crippen molar-refractivity contribution < 1.29 is 9.84 Å². The zero-order chi connectivity index (χ0) is 12.0. The van der Waals surface area contributed by atoms with Crippen molar-refractivity contribution >= 4 is 0 Å². The van der Waals surface area contributed by atoms with Gasteiger partial charge in [0.25, 0.3) is 0 Å². The first-order valence-electron chi connectivity index (χ1n) is 5.50. The number of aliphatic hydroxyl groups is 1. The second-order valence-corrected chi connectivity index (χ2v) is 4.12. The number of hydrogen-bond donors (Lipinski definition) is 2. The van der Waals surface area contributed by atoms with E-state index in [1.807, 2.05) is 12.1 Å². The van der Waals surface area contributed by atoms with Crippen LogP contribution in [0.4, 0.5) is 0 Å². The number of aromatic nitrogens is 1. The molecule has 0 radical (unpaired) electrons. The van der Waals surface area contributed by atoms with Crippen molar-refractivity contribution in [1.82, 2.24) is 10.3 Å². The van der Waals surface area contributed by atoms with Crippen LogP contribution in [0.3, 0.4) is 0 Å². The molecular weight excluding hydrogens is 204 g/mol. The number of nitrogens with one attached hydrogen (secondary N) is 1. The van der Waals surface area contributed by atoms with Gasteiger partial charge in [-0.1, -0.05) is 19.9 Å². The Balaban J connectivity index is 2.47. The van der Waals surface area contributed by atoms with Crippen LogP contribution < -0.4 is 10.1 Å². The van der Waals surface area contributed by atoms with Crippen LogP contribution in [-0.4, -0.2) is 29.8 Å². The van der Waals surface area contributed by atoms with Gasteiger partial charge in [0.1, 0.15) is 0 Å². The first kappa shape index (κ1) is 12.9. The van der Waals surface area contributed by atoms with Gasteiger partial charge in [-0.05, 0) is 11.5 Å². The van der Waals surface area contributed by atoms with Crippen molar-refractivity contribution in [2.24, 2.45) is 5.92 Å². The molecule has 1 rings (SSSR count). The van der Waals surface area contributed by atoms with Crippen LogP contribution >= 0.6 is 0 Å². The molecule has 0 saturated heterocycles. The highest BCUT2D eigenvalue weighted by Crippen LogP contribution is 2.07. The van der Waals surface area contributed by atoms with E-state index in [2.05, 4.69) is 24.1 Å². The molecule has 4 heteroatoms. The monoisotopic (exact) mass is 224 g/mol. The van der Waals surface area contributed by atoms with Gasteiger partial charge in [-0.3, -0.25) is 0 Å². The zero-order valence-electron chi connectivity index (χ0n) is 10.1. The normalized spacial score (nSPS) is 12.8. The molecule has 1 aromatic rings. The van der Waals surface area contributed by atoms with Crippen molar-refractivity contribution in [3.8, 4) is 5.88 Å². The molecule has 1 heterocycles. The van der Waals surface area contributed by atoms with E-state index in [0.29, 0.717) is 18.3 Å². The number of aliphatic hydroxyl groups excluding tert-OH is 1. The number of pyridine rings is 1. The van der Waals surface area contributed by atoms with Gasteiger partial charge in [0.2, 0.25) is 5.88 Å². The summed E-state index contributed by atoms with van der Waals surface area (Å²) in [6.45, 7) is 5.03. The minimum atomic E-state index is 0.127. The molecule has 16 heavy (non-hydrogen) atoms. The Morgan fingerprint density at radius 3 is 2.62 bits per heavy atom. The first-order chi connectivity index (χ1) is 7.67. The Kier molecular flexibility index (Phi) is 5.22. The molecule has 0 unspecified atom stereocenters. The summed E-state index contributed by atoms with van der Waals surface area (Å²) < 4.78 is 4.98. The second kappa shape index (κ2) is 6.45. The molecular formula is C12H20N2O2. The van der Waals surface area contributed by atoms with E-state index in [9.17, 15) is 0 Å². The fourth-order valence-electron chi connectivity index (χ4n) is 1.40. The SMILES string of the molecule is COc1ccc(CN[C@H](CO)C(C)C)cn1. The maximum Gasteiger partial charge on any atom is 0.212 e. The van der Waals surface area contributed by atoms with Crippen LogP contribution in [0.15, 0.2) is 18.3 Å². The van der Waals surface area contributed by atoms with Crippen molar-refractivity contribution in [2.75, 3.05) is 13.7 Å². The third-order valence-corrected chi connectivity index (χ3v) is 2.58. The van der Waals surface area contributed by atoms with Gasteiger partial charge < -0.3 is 15.2 Å². The molecule has 0 aliphatic heterocycles. The summed E-state index contributed by atoms with van der Waals surface area (Å²) in [7, 11) is 1.60. The second-order valence-electron chi connectivity index (χ2n) is 4.12. The molecule has 0 aliphatic carbocycles. The van der Waals surface area contributed by atoms with Gasteiger partial charge in [-0.15, -0.1) is 0 Å². The van der Waals surface area contributed by atoms with Crippen LogP contribution in [-0.2, 0) is 6.54 Å². The zero-order valence-corrected chi connectivity index (χ0v) is 10.1. The summed E-state index contributed by atoms with van der Waals surface area (Å²) in [6, 6.07) is 3.93. The predicted molar refractivity (Wildman–Crippen MR) is 63.3 cm³/mol. The molecule has 90 valence electrons. The summed E-state index contributed by atoms with van der Waals surface area (Å²) in [4.78, 5) is 4.12. The third-order valence-electron chi connectivity index (χ3n) is 2.58. The van der Waals surface area contributed by atoms with E-state index in [-0.39, 0.29) is 12.6 Å². The van der Waals surface area contributed by atoms with Gasteiger partial charge in [0.05, 0.1) is 13.7 Å². The first-order valence-corrected chi connectivity index (χ1v) is 5.50. The molecule has 2 N–H and O–H groups in total. The number of rotatable bonds is 6. The molecule has 1 atom stereocenters. The Morgan fingerprint density at radius 1 is 1.44 bits per heavy atom. The van der Waals surface area contributed by atoms with Crippen molar-refractivity contribution in [1.29, 1.82) is 0 Å². The quantitative estimate of drug-likeness (QED) is 0.762. The van der Waals surface area contributed by atoms with Crippen LogP contribution in [0, 0.1) is 5.92 Å². The molecule has 0 saturated carbocycles. The fourth-order valence-corrected chi connectivity index (χ4v) is 1.40. The van der Waals surface area contributed by atoms with Gasteiger partial charge >= 0.3 is 0 Å². The Morgan fingerprint density at radius 2 is 2.19 bits per heavy atom. The standard InChI is InChI=1S/C12H20N2O2/c1-9(2)11(8-15)13-6-10-4-5-12(16-3)14-7-10/h4-5,7,9,11,13,15H,6,8H2,1-3H3/t11-/m1/s1. The van der Waals surface area contributed by atoms with E-state index in [4.69, 9.17) is 9.84 Å². The third kappa shape index (κ3) is 3.79. The van der Waals surface area contributed by atoms with E-state index in [0.717, 1.165) is 5.56 Å². The van der Waals surface area contributed by atoms with E-state index < -0.39 is 0 Å². The fraction of sp³-hybridized carbons (Fsp3) is 0.583. The number of hydrogen-bond acceptors (Lipinski definition) is 4. The summed E-state index contributed by atoms with van der Waals surface area (Å²) >= 11 is 0. The average molecular weight is 224 g/mol. The molecule has 1 aromatic heterocycles. The van der Waals surface area contributed by atoms with Crippen LogP contribution in [0.5, 0.6) is 5.88 Å². The molecule has 0 fully saturated rings. The molecule has 0 aliphatic rings. The summed E-state index contributed by atoms with van der Waals surface area (Å²) in [5.74, 6) is 1.03. The van der Waals surface area contributed by atoms with Crippen LogP contribution in [0.25, 0.3) is 0 Å². The smallest absolute Gasteiger partial charge is 0.212 e. The Labute approximate surface area is 96.7 Å². The van der Waals surface area contributed by atoms with Crippen LogP contribution in [0.1, 0.15) is 19.4 Å². The number of methoxy groups -OCH3 is 1. The van der Waals surface area contributed by atoms with Crippen LogP contribution in [0.2, 0.25) is 0 Å². The highest BCUT2D eigenvalue weighted by Gasteiger charge is 2.10. The summed E-state index contributed by atoms with van der Waals surface area (Å²) in [5.41, 5.74) is 1.08. The van der Waals surface area contributed by atoms with Crippen molar-refractivity contribution in [3.63, 3.8) is 0 Å². The van der Waals surface area contributed by atoms with Gasteiger partial charge in [0, 0.05) is 24.8 Å². The minimum absolute atomic E-state index is 0.127. The maximum absolute atomic E-state index is 9.16. The molecule has 0 aromatic carbocycles. The lowest BCUT2D eigenvalue weighted by molar-refractivity contribution is 0.210. The largest absolute Gasteiger partial charge is 0.481 e. The lowest BCUT2D eigenvalue weighted by atomic mass is 10.1. The minimum Gasteiger partial charge on any atom is -0.481 e. The van der Waals surface area contributed by atoms with Gasteiger partial charge in [-0.25, -0.2) is 4.98 Å². The van der Waals surface area contributed by atoms with Crippen molar-refractivity contribution in [2.45, 2.75) is 26.4 Å². The van der Waals surface area contributed by atoms with E-state index in [1.165, 1.54) is 0 Å². The number of nitrogens with zero attached hydrogens (tertiary/aromatic N) is 1. The van der Waals surface area contributed by atoms with Gasteiger partial charge in [-0.2, -0.15) is 0 Å². The van der Waals surface area contributed by atoms with Gasteiger partial charge in [0.15, 0.2) is 0 Å². The molecule has 0 spiro atoms. The Hall–Kier alpha value is -1.13. The van der Waals surface area contributed by atoms with E-state index in [1.54, 1.807) is 13.3 Å². The van der Waals surface area contributed by atoms with Crippen molar-refractivity contribution in [3.05, 3.63) is 23.9 Å². The molecule has 0 amide bonds. The lowest BCUT2D eigenvalue weighted by Gasteiger charge is -2.19. The lowest BCUT2D eigenvalue weighted by Crippen LogP contribution is -2.36. The molecule has 4 nitrogen and oxygen atoms in total. The highest BCUT2D eigenvalue weighted by atomic mass is 16.5. The predicted octanol–water partition coefficient (Wildman–Crippen LogP) is 1.20. The highest BCUT2D eigenvalue weighted by molar-refractivity contribution is 5.17. The summed E-state index contributed by atoms with van der Waals surface area (Å²) in [6.07, 6.45) is 1.78. The number of ether oxygens (including phenoxy) is 1. The van der Waals surface area contributed by atoms with E-state index >= 15 is 0 Å².